The second-order valence-electron chi connectivity index (χ2n) is 7.88. The van der Waals surface area contributed by atoms with Crippen LogP contribution in [0.2, 0.25) is 0 Å². The van der Waals surface area contributed by atoms with Gasteiger partial charge in [-0.25, -0.2) is 0 Å². The molecule has 0 amide bonds. The fourth-order valence-corrected chi connectivity index (χ4v) is 6.01. The third-order valence-electron chi connectivity index (χ3n) is 5.12. The number of benzene rings is 3. The molecule has 3 rings (SSSR count). The Bertz CT molecular complexity index is 986. The van der Waals surface area contributed by atoms with E-state index in [0.29, 0.717) is 29.7 Å². The molecular weight excluding hydrogens is 640 g/mol. The predicted molar refractivity (Wildman–Crippen MR) is 140 cm³/mol. The maximum Gasteiger partial charge on any atom is 0.143 e. The largest absolute Gasteiger partial charge is 0.506 e. The van der Waals surface area contributed by atoms with Crippen molar-refractivity contribution in [3.63, 3.8) is 0 Å². The van der Waals surface area contributed by atoms with Gasteiger partial charge < -0.3 is 10.2 Å². The van der Waals surface area contributed by atoms with Gasteiger partial charge in [-0.3, -0.25) is 0 Å². The van der Waals surface area contributed by atoms with E-state index < -0.39 is 0 Å². The number of phenols is 2. The van der Waals surface area contributed by atoms with E-state index in [0.717, 1.165) is 22.3 Å². The standard InChI is InChI=1S/C24H22Br4O2/c1-11(2)15-5-6-16(12(3)4)22(14-9-19(27)24(30)20(28)10-14)21(15)13-7-17(25)23(29)18(26)8-13/h5-12,29-30H,1-4H3. The minimum Gasteiger partial charge on any atom is -0.506 e. The van der Waals surface area contributed by atoms with Gasteiger partial charge in [0.2, 0.25) is 0 Å². The van der Waals surface area contributed by atoms with Crippen molar-refractivity contribution in [3.05, 3.63) is 65.4 Å². The van der Waals surface area contributed by atoms with Crippen molar-refractivity contribution in [2.45, 2.75) is 39.5 Å². The van der Waals surface area contributed by atoms with Gasteiger partial charge in [-0.1, -0.05) is 39.8 Å². The average Bonchev–Trinajstić information content (AvgIpc) is 2.68. The van der Waals surface area contributed by atoms with E-state index in [1.165, 1.54) is 11.1 Å². The lowest BCUT2D eigenvalue weighted by molar-refractivity contribution is 0.468. The number of hydrogen-bond acceptors (Lipinski definition) is 2. The number of hydrogen-bond donors (Lipinski definition) is 2. The van der Waals surface area contributed by atoms with Crippen LogP contribution in [0.1, 0.15) is 50.7 Å². The van der Waals surface area contributed by atoms with Crippen LogP contribution in [0.4, 0.5) is 0 Å². The van der Waals surface area contributed by atoms with Gasteiger partial charge in [0.15, 0.2) is 0 Å². The van der Waals surface area contributed by atoms with Crippen LogP contribution in [0.5, 0.6) is 11.5 Å². The van der Waals surface area contributed by atoms with Gasteiger partial charge in [0.05, 0.1) is 17.9 Å². The fourth-order valence-electron chi connectivity index (χ4n) is 3.64. The molecule has 0 saturated heterocycles. The lowest BCUT2D eigenvalue weighted by atomic mass is 9.81. The molecule has 30 heavy (non-hydrogen) atoms. The number of phenolic OH excluding ortho intramolecular Hbond substituents is 2. The normalized spacial score (nSPS) is 11.5. The van der Waals surface area contributed by atoms with Gasteiger partial charge in [0, 0.05) is 0 Å². The first-order valence-electron chi connectivity index (χ1n) is 9.56. The van der Waals surface area contributed by atoms with Gasteiger partial charge in [-0.15, -0.1) is 0 Å². The van der Waals surface area contributed by atoms with Crippen molar-refractivity contribution in [3.8, 4) is 33.8 Å². The molecule has 3 aromatic carbocycles. The molecular formula is C24H22Br4O2. The monoisotopic (exact) mass is 658 g/mol. The zero-order valence-electron chi connectivity index (χ0n) is 17.0. The molecule has 0 heterocycles. The van der Waals surface area contributed by atoms with Crippen molar-refractivity contribution in [2.24, 2.45) is 0 Å². The summed E-state index contributed by atoms with van der Waals surface area (Å²) in [4.78, 5) is 0. The van der Waals surface area contributed by atoms with Crippen LogP contribution in [0.25, 0.3) is 22.3 Å². The second-order valence-corrected chi connectivity index (χ2v) is 11.3. The zero-order valence-corrected chi connectivity index (χ0v) is 23.4. The zero-order chi connectivity index (χ0) is 22.3. The molecule has 0 spiro atoms. The van der Waals surface area contributed by atoms with E-state index in [2.05, 4.69) is 104 Å². The molecule has 3 aromatic rings. The van der Waals surface area contributed by atoms with Crippen LogP contribution >= 0.6 is 63.7 Å². The van der Waals surface area contributed by atoms with Gasteiger partial charge in [-0.05, 0) is 133 Å². The summed E-state index contributed by atoms with van der Waals surface area (Å²) in [6, 6.07) is 12.2. The molecule has 2 N–H and O–H groups in total. The first kappa shape index (κ1) is 23.8. The number of halogens is 4. The smallest absolute Gasteiger partial charge is 0.143 e. The maximum absolute atomic E-state index is 10.3. The van der Waals surface area contributed by atoms with Gasteiger partial charge >= 0.3 is 0 Å². The minimum absolute atomic E-state index is 0.182. The maximum atomic E-state index is 10.3. The highest BCUT2D eigenvalue weighted by atomic mass is 79.9. The Balaban J connectivity index is 2.50. The summed E-state index contributed by atoms with van der Waals surface area (Å²) in [5.74, 6) is 0.966. The highest BCUT2D eigenvalue weighted by molar-refractivity contribution is 9.11. The van der Waals surface area contributed by atoms with Crippen LogP contribution in [0, 0.1) is 0 Å². The van der Waals surface area contributed by atoms with Crippen molar-refractivity contribution >= 4 is 63.7 Å². The molecule has 2 nitrogen and oxygen atoms in total. The van der Waals surface area contributed by atoms with Crippen molar-refractivity contribution < 1.29 is 10.2 Å². The SMILES string of the molecule is CC(C)c1ccc(C(C)C)c(-c2cc(Br)c(O)c(Br)c2)c1-c1cc(Br)c(O)c(Br)c1. The molecule has 0 aliphatic carbocycles. The lowest BCUT2D eigenvalue weighted by Crippen LogP contribution is -2.02. The Kier molecular flexibility index (Phi) is 7.43. The summed E-state index contributed by atoms with van der Waals surface area (Å²) in [6.45, 7) is 8.74. The molecule has 0 aliphatic rings. The van der Waals surface area contributed by atoms with Crippen LogP contribution in [0.15, 0.2) is 54.3 Å². The number of rotatable bonds is 4. The summed E-state index contributed by atoms with van der Waals surface area (Å²) in [5.41, 5.74) is 6.71. The quantitative estimate of drug-likeness (QED) is 0.292. The molecule has 0 unspecified atom stereocenters. The third-order valence-corrected chi connectivity index (χ3v) is 7.54. The molecule has 158 valence electrons. The Labute approximate surface area is 211 Å². The summed E-state index contributed by atoms with van der Waals surface area (Å²) in [5, 5.41) is 20.5. The van der Waals surface area contributed by atoms with E-state index in [4.69, 9.17) is 0 Å². The molecule has 0 atom stereocenters. The average molecular weight is 662 g/mol. The Morgan fingerprint density at radius 2 is 0.833 bits per heavy atom. The Morgan fingerprint density at radius 3 is 1.07 bits per heavy atom. The fraction of sp³-hybridized carbons (Fsp3) is 0.250. The topological polar surface area (TPSA) is 40.5 Å². The van der Waals surface area contributed by atoms with E-state index in [1.54, 1.807) is 0 Å². The highest BCUT2D eigenvalue weighted by Gasteiger charge is 2.22. The summed E-state index contributed by atoms with van der Waals surface area (Å²) in [6.07, 6.45) is 0. The molecule has 0 fully saturated rings. The van der Waals surface area contributed by atoms with Crippen LogP contribution in [0.3, 0.4) is 0 Å². The lowest BCUT2D eigenvalue weighted by Gasteiger charge is -2.24. The van der Waals surface area contributed by atoms with Gasteiger partial charge in [0.25, 0.3) is 0 Å². The van der Waals surface area contributed by atoms with E-state index in [-0.39, 0.29) is 11.5 Å². The van der Waals surface area contributed by atoms with E-state index >= 15 is 0 Å². The van der Waals surface area contributed by atoms with Gasteiger partial charge in [-0.2, -0.15) is 0 Å². The van der Waals surface area contributed by atoms with Crippen molar-refractivity contribution in [1.82, 2.24) is 0 Å². The highest BCUT2D eigenvalue weighted by Crippen LogP contribution is 2.47. The molecule has 0 aromatic heterocycles. The molecule has 0 radical (unpaired) electrons. The first-order chi connectivity index (χ1) is 14.0. The number of aromatic hydroxyl groups is 2. The third kappa shape index (κ3) is 4.52. The van der Waals surface area contributed by atoms with E-state index in [9.17, 15) is 10.2 Å². The predicted octanol–water partition coefficient (Wildman–Crippen LogP) is 9.73. The summed E-state index contributed by atoms with van der Waals surface area (Å²) >= 11 is 14.0. The van der Waals surface area contributed by atoms with Gasteiger partial charge in [0.1, 0.15) is 11.5 Å². The summed E-state index contributed by atoms with van der Waals surface area (Å²) < 4.78 is 2.54. The first-order valence-corrected chi connectivity index (χ1v) is 12.7. The molecule has 0 saturated carbocycles. The summed E-state index contributed by atoms with van der Waals surface area (Å²) in [7, 11) is 0. The Hall–Kier alpha value is -0.820. The van der Waals surface area contributed by atoms with Crippen molar-refractivity contribution in [1.29, 1.82) is 0 Å². The van der Waals surface area contributed by atoms with Crippen LogP contribution in [-0.4, -0.2) is 10.2 Å². The van der Waals surface area contributed by atoms with E-state index in [1.807, 2.05) is 24.3 Å². The second kappa shape index (κ2) is 9.35. The molecule has 6 heteroatoms. The molecule has 0 aliphatic heterocycles. The Morgan fingerprint density at radius 1 is 0.567 bits per heavy atom. The minimum atomic E-state index is 0.182. The van der Waals surface area contributed by atoms with Crippen LogP contribution < -0.4 is 0 Å². The molecule has 0 bridgehead atoms. The van der Waals surface area contributed by atoms with Crippen molar-refractivity contribution in [2.75, 3.05) is 0 Å². The van der Waals surface area contributed by atoms with Crippen LogP contribution in [-0.2, 0) is 0 Å².